The Labute approximate surface area is 117 Å². The van der Waals surface area contributed by atoms with Crippen LogP contribution in [-0.2, 0) is 0 Å². The maximum Gasteiger partial charge on any atom is 0.194 e. The number of quaternary nitrogens is 1. The van der Waals surface area contributed by atoms with Crippen LogP contribution in [0.25, 0.3) is 0 Å². The van der Waals surface area contributed by atoms with Crippen LogP contribution >= 0.6 is 11.6 Å². The number of phenols is 1. The highest BCUT2D eigenvalue weighted by Gasteiger charge is 2.38. The number of phenolic OH excluding ortho intramolecular Hbond substituents is 1. The molecule has 1 aromatic carbocycles. The molecule has 10 heteroatoms. The zero-order chi connectivity index (χ0) is 14.9. The fourth-order valence-corrected chi connectivity index (χ4v) is 2.27. The predicted octanol–water partition coefficient (Wildman–Crippen LogP) is 2.33. The van der Waals surface area contributed by atoms with E-state index in [9.17, 15) is 19.1 Å². The first kappa shape index (κ1) is 14.7. The number of nitrogens with two attached hydrogens (primary N) is 1. The third-order valence-electron chi connectivity index (χ3n) is 3.05. The number of rotatable bonds is 4. The van der Waals surface area contributed by atoms with Gasteiger partial charge in [0.2, 0.25) is 0 Å². The summed E-state index contributed by atoms with van der Waals surface area (Å²) in [7, 11) is 0. The van der Waals surface area contributed by atoms with Gasteiger partial charge in [-0.05, 0) is 11.3 Å². The number of aromatic hydroxyl groups is 1. The van der Waals surface area contributed by atoms with Gasteiger partial charge in [0.15, 0.2) is 12.4 Å². The van der Waals surface area contributed by atoms with Gasteiger partial charge in [0.25, 0.3) is 0 Å². The second-order valence-corrected chi connectivity index (χ2v) is 4.68. The molecule has 1 aromatic rings. The molecule has 0 aliphatic carbocycles. The number of nitrogens with one attached hydrogen (secondary N) is 1. The van der Waals surface area contributed by atoms with E-state index in [0.29, 0.717) is 0 Å². The molecule has 1 aliphatic rings. The van der Waals surface area contributed by atoms with Gasteiger partial charge in [0, 0.05) is 11.6 Å². The molecule has 2 rings (SSSR count). The molecule has 7 nitrogen and oxygen atoms in total. The van der Waals surface area contributed by atoms with E-state index in [-0.39, 0.29) is 23.7 Å². The smallest absolute Gasteiger partial charge is 0.194 e. The van der Waals surface area contributed by atoms with Gasteiger partial charge in [-0.3, -0.25) is 4.39 Å². The second-order valence-electron chi connectivity index (χ2n) is 4.27. The van der Waals surface area contributed by atoms with Crippen molar-refractivity contribution in [1.29, 1.82) is 0 Å². The van der Waals surface area contributed by atoms with Gasteiger partial charge >= 0.3 is 0 Å². The van der Waals surface area contributed by atoms with Gasteiger partial charge in [-0.25, -0.2) is 9.82 Å². The van der Waals surface area contributed by atoms with Crippen molar-refractivity contribution in [3.05, 3.63) is 27.7 Å². The molecule has 4 N–H and O–H groups in total. The minimum atomic E-state index is -1.36. The van der Waals surface area contributed by atoms with E-state index >= 15 is 0 Å². The number of alkyl halides is 1. The normalized spacial score (nSPS) is 22.8. The summed E-state index contributed by atoms with van der Waals surface area (Å²) in [5.41, 5.74) is 7.22. The fourth-order valence-electron chi connectivity index (χ4n) is 2.08. The molecule has 1 aliphatic heterocycles. The average Bonchev–Trinajstić information content (AvgIpc) is 2.83. The second kappa shape index (κ2) is 5.35. The number of hydroxylamine groups is 2. The standard InChI is InChI=1S/C10H12ClF2N5O2/c11-5-3-6(13)8(9(14)10(5)19)7(1-2-12)18(20)4-15-16-17-18/h3,7,19H,1-2,4,14H2,(H,15,17). The summed E-state index contributed by atoms with van der Waals surface area (Å²) in [5.74, 6) is -1.46. The minimum absolute atomic E-state index is 0.285. The molecule has 0 radical (unpaired) electrons. The highest BCUT2D eigenvalue weighted by Crippen LogP contribution is 2.43. The quantitative estimate of drug-likeness (QED) is 0.343. The number of hydrogen-bond donors (Lipinski definition) is 3. The maximum absolute atomic E-state index is 14.0. The number of anilines is 1. The lowest BCUT2D eigenvalue weighted by Crippen LogP contribution is -2.42. The van der Waals surface area contributed by atoms with Gasteiger partial charge < -0.3 is 16.0 Å². The Morgan fingerprint density at radius 1 is 1.65 bits per heavy atom. The molecule has 0 fully saturated rings. The third-order valence-corrected chi connectivity index (χ3v) is 3.34. The highest BCUT2D eigenvalue weighted by atomic mass is 35.5. The van der Waals surface area contributed by atoms with Crippen molar-refractivity contribution in [1.82, 2.24) is 5.43 Å². The summed E-state index contributed by atoms with van der Waals surface area (Å²) >= 11 is 5.59. The maximum atomic E-state index is 14.0. The van der Waals surface area contributed by atoms with Crippen molar-refractivity contribution >= 4 is 17.3 Å². The lowest BCUT2D eigenvalue weighted by molar-refractivity contribution is -0.916. The Morgan fingerprint density at radius 3 is 2.90 bits per heavy atom. The van der Waals surface area contributed by atoms with Crippen LogP contribution in [0.4, 0.5) is 14.5 Å². The van der Waals surface area contributed by atoms with Crippen LogP contribution in [0.5, 0.6) is 5.75 Å². The van der Waals surface area contributed by atoms with Crippen LogP contribution in [0.1, 0.15) is 18.0 Å². The lowest BCUT2D eigenvalue weighted by Gasteiger charge is -2.37. The Balaban J connectivity index is 2.55. The summed E-state index contributed by atoms with van der Waals surface area (Å²) in [4.78, 5) is 0. The fraction of sp³-hybridized carbons (Fsp3) is 0.400. The first-order valence-corrected chi connectivity index (χ1v) is 6.04. The molecule has 0 bridgehead atoms. The predicted molar refractivity (Wildman–Crippen MR) is 67.3 cm³/mol. The molecule has 0 amide bonds. The summed E-state index contributed by atoms with van der Waals surface area (Å²) in [5, 5.41) is 28.5. The molecule has 1 heterocycles. The van der Waals surface area contributed by atoms with Gasteiger partial charge in [-0.1, -0.05) is 11.6 Å². The van der Waals surface area contributed by atoms with E-state index in [1.807, 2.05) is 0 Å². The summed E-state index contributed by atoms with van der Waals surface area (Å²) in [6, 6.07) is -0.456. The molecule has 110 valence electrons. The van der Waals surface area contributed by atoms with E-state index in [4.69, 9.17) is 17.3 Å². The van der Waals surface area contributed by atoms with Crippen LogP contribution in [0.2, 0.25) is 5.02 Å². The molecular formula is C10H12ClF2N5O2. The van der Waals surface area contributed by atoms with Crippen molar-refractivity contribution in [2.24, 2.45) is 10.4 Å². The molecule has 2 unspecified atom stereocenters. The van der Waals surface area contributed by atoms with E-state index in [0.717, 1.165) is 6.07 Å². The molecule has 0 aromatic heterocycles. The van der Waals surface area contributed by atoms with Crippen molar-refractivity contribution in [2.45, 2.75) is 12.5 Å². The lowest BCUT2D eigenvalue weighted by atomic mass is 10.00. The zero-order valence-electron chi connectivity index (χ0n) is 10.2. The summed E-state index contributed by atoms with van der Waals surface area (Å²) in [6.45, 7) is -1.17. The Hall–Kier alpha value is -1.71. The molecule has 0 saturated heterocycles. The van der Waals surface area contributed by atoms with Crippen LogP contribution in [0, 0.1) is 11.0 Å². The highest BCUT2D eigenvalue weighted by molar-refractivity contribution is 6.32. The van der Waals surface area contributed by atoms with Crippen LogP contribution in [0.15, 0.2) is 16.5 Å². The van der Waals surface area contributed by atoms with Crippen LogP contribution < -0.4 is 11.2 Å². The third kappa shape index (κ3) is 2.35. The van der Waals surface area contributed by atoms with E-state index < -0.39 is 34.7 Å². The number of benzene rings is 1. The molecule has 2 atom stereocenters. The van der Waals surface area contributed by atoms with Gasteiger partial charge in [0.05, 0.1) is 22.9 Å². The van der Waals surface area contributed by atoms with E-state index in [1.54, 1.807) is 0 Å². The number of nitrogen functional groups attached to an aromatic ring is 1. The summed E-state index contributed by atoms with van der Waals surface area (Å²) < 4.78 is 25.4. The minimum Gasteiger partial charge on any atom is -0.601 e. The van der Waals surface area contributed by atoms with Gasteiger partial charge in [-0.15, -0.1) is 0 Å². The Kier molecular flexibility index (Phi) is 3.93. The number of hydrogen-bond acceptors (Lipinski definition) is 6. The number of halogens is 3. The molecule has 0 saturated carbocycles. The monoisotopic (exact) mass is 307 g/mol. The van der Waals surface area contributed by atoms with E-state index in [1.165, 1.54) is 0 Å². The number of nitrogens with zero attached hydrogens (tertiary/aromatic N) is 3. The topological polar surface area (TPSA) is 106 Å². The first-order chi connectivity index (χ1) is 9.40. The Morgan fingerprint density at radius 2 is 2.35 bits per heavy atom. The molecule has 20 heavy (non-hydrogen) atoms. The molecular weight excluding hydrogens is 296 g/mol. The van der Waals surface area contributed by atoms with Crippen molar-refractivity contribution in [2.75, 3.05) is 19.1 Å². The van der Waals surface area contributed by atoms with Gasteiger partial charge in [-0.2, -0.15) is 4.76 Å². The Bertz CT molecular complexity index is 559. The van der Waals surface area contributed by atoms with Crippen molar-refractivity contribution in [3.63, 3.8) is 0 Å². The van der Waals surface area contributed by atoms with Gasteiger partial charge in [0.1, 0.15) is 11.9 Å². The molecule has 0 spiro atoms. The first-order valence-electron chi connectivity index (χ1n) is 5.67. The van der Waals surface area contributed by atoms with Crippen LogP contribution in [0.3, 0.4) is 0 Å². The van der Waals surface area contributed by atoms with Crippen LogP contribution in [-0.4, -0.2) is 23.2 Å². The SMILES string of the molecule is Nc1c(O)c(Cl)cc(F)c1C(CCF)[N+]1([O-])CNN=N1. The van der Waals surface area contributed by atoms with E-state index in [2.05, 4.69) is 15.9 Å². The zero-order valence-corrected chi connectivity index (χ0v) is 10.9. The average molecular weight is 308 g/mol. The largest absolute Gasteiger partial charge is 0.601 e. The summed E-state index contributed by atoms with van der Waals surface area (Å²) in [6.07, 6.45) is -0.327. The van der Waals surface area contributed by atoms with Crippen molar-refractivity contribution < 1.29 is 18.6 Å². The van der Waals surface area contributed by atoms with Crippen molar-refractivity contribution in [3.8, 4) is 5.75 Å².